The summed E-state index contributed by atoms with van der Waals surface area (Å²) >= 11 is 0. The molecule has 1 heterocycles. The molecule has 5 atom stereocenters. The van der Waals surface area contributed by atoms with Crippen LogP contribution in [-0.2, 0) is 48.3 Å². The van der Waals surface area contributed by atoms with E-state index in [0.717, 1.165) is 20.8 Å². The monoisotopic (exact) mass is 496 g/mol. The molecule has 0 aromatic heterocycles. The molecule has 0 amide bonds. The van der Waals surface area contributed by atoms with Gasteiger partial charge in [-0.1, -0.05) is 20.8 Å². The summed E-state index contributed by atoms with van der Waals surface area (Å²) in [4.78, 5) is 47.0. The van der Waals surface area contributed by atoms with E-state index in [0.29, 0.717) is 5.56 Å². The highest BCUT2D eigenvalue weighted by molar-refractivity contribution is 5.68. The van der Waals surface area contributed by atoms with Crippen LogP contribution in [0.4, 0.5) is 0 Å². The van der Waals surface area contributed by atoms with Crippen LogP contribution in [0.5, 0.6) is 11.5 Å². The first-order chi connectivity index (χ1) is 16.2. The van der Waals surface area contributed by atoms with Gasteiger partial charge < -0.3 is 33.5 Å². The van der Waals surface area contributed by atoms with Crippen LogP contribution < -0.4 is 4.74 Å². The van der Waals surface area contributed by atoms with Gasteiger partial charge in [-0.2, -0.15) is 0 Å². The van der Waals surface area contributed by atoms with E-state index in [1.54, 1.807) is 6.07 Å². The van der Waals surface area contributed by atoms with Crippen molar-refractivity contribution < 1.29 is 52.7 Å². The lowest BCUT2D eigenvalue weighted by Gasteiger charge is -2.44. The second kappa shape index (κ2) is 11.4. The predicted molar refractivity (Wildman–Crippen MR) is 119 cm³/mol. The molecular weight excluding hydrogens is 464 g/mol. The topological polar surface area (TPSA) is 144 Å². The quantitative estimate of drug-likeness (QED) is 0.438. The molecule has 0 radical (unpaired) electrons. The Hall–Kier alpha value is -3.34. The SMILES string of the molecule is CC(=O)OC[C@@H]1O[C@H](Oc2ccc(O)c(C(C)(C)C)c2)[C@H](OC(C)=O)[C@@H](OC(C)=O)[C@@H]1OC(C)=O. The summed E-state index contributed by atoms with van der Waals surface area (Å²) in [5, 5.41) is 10.3. The Morgan fingerprint density at radius 3 is 1.91 bits per heavy atom. The van der Waals surface area contributed by atoms with Crippen molar-refractivity contribution >= 4 is 23.9 Å². The summed E-state index contributed by atoms with van der Waals surface area (Å²) in [7, 11) is 0. The van der Waals surface area contributed by atoms with E-state index < -0.39 is 60.0 Å². The van der Waals surface area contributed by atoms with Gasteiger partial charge in [0.05, 0.1) is 0 Å². The molecule has 35 heavy (non-hydrogen) atoms. The molecule has 11 heteroatoms. The largest absolute Gasteiger partial charge is 0.508 e. The van der Waals surface area contributed by atoms with Gasteiger partial charge in [-0.15, -0.1) is 0 Å². The van der Waals surface area contributed by atoms with Crippen LogP contribution in [0.3, 0.4) is 0 Å². The lowest BCUT2D eigenvalue weighted by atomic mass is 9.86. The minimum Gasteiger partial charge on any atom is -0.508 e. The number of carbonyl (C=O) groups excluding carboxylic acids is 4. The molecule has 1 N–H and O–H groups in total. The maximum Gasteiger partial charge on any atom is 0.303 e. The van der Waals surface area contributed by atoms with E-state index in [2.05, 4.69) is 0 Å². The number of esters is 4. The highest BCUT2D eigenvalue weighted by atomic mass is 16.7. The Kier molecular flexibility index (Phi) is 9.08. The molecule has 0 spiro atoms. The molecule has 1 aromatic rings. The van der Waals surface area contributed by atoms with Gasteiger partial charge in [-0.05, 0) is 23.6 Å². The van der Waals surface area contributed by atoms with Crippen LogP contribution >= 0.6 is 0 Å². The van der Waals surface area contributed by atoms with Gasteiger partial charge in [0.2, 0.25) is 12.4 Å². The number of hydrogen-bond donors (Lipinski definition) is 1. The molecular formula is C24H32O11. The van der Waals surface area contributed by atoms with E-state index in [1.807, 2.05) is 20.8 Å². The first kappa shape index (κ1) is 27.9. The van der Waals surface area contributed by atoms with Crippen molar-refractivity contribution in [3.05, 3.63) is 23.8 Å². The lowest BCUT2D eigenvalue weighted by molar-refractivity contribution is -0.288. The molecule has 0 bridgehead atoms. The summed E-state index contributed by atoms with van der Waals surface area (Å²) < 4.78 is 33.1. The molecule has 11 nitrogen and oxygen atoms in total. The zero-order valence-electron chi connectivity index (χ0n) is 20.9. The van der Waals surface area contributed by atoms with Crippen LogP contribution in [-0.4, -0.2) is 66.3 Å². The van der Waals surface area contributed by atoms with Gasteiger partial charge in [-0.25, -0.2) is 0 Å². The fraction of sp³-hybridized carbons (Fsp3) is 0.583. The second-order valence-corrected chi connectivity index (χ2v) is 9.11. The van der Waals surface area contributed by atoms with Gasteiger partial charge in [0.15, 0.2) is 12.2 Å². The molecule has 2 rings (SSSR count). The standard InChI is InChI=1S/C24H32O11/c1-12(25)30-11-19-20(31-13(2)26)21(32-14(3)27)22(33-15(4)28)23(35-19)34-16-8-9-18(29)17(10-16)24(5,6)7/h8-10,19-23,29H,11H2,1-7H3/t19-,20+,21-,22+,23-/m0/s1. The number of rotatable bonds is 7. The molecule has 0 unspecified atom stereocenters. The van der Waals surface area contributed by atoms with Gasteiger partial charge in [0, 0.05) is 33.3 Å². The summed E-state index contributed by atoms with van der Waals surface area (Å²) in [6, 6.07) is 4.53. The highest BCUT2D eigenvalue weighted by Crippen LogP contribution is 2.36. The summed E-state index contributed by atoms with van der Waals surface area (Å²) in [5.41, 5.74) is 0.158. The van der Waals surface area contributed by atoms with E-state index in [1.165, 1.54) is 19.1 Å². The van der Waals surface area contributed by atoms with Crippen LogP contribution in [0.2, 0.25) is 0 Å². The first-order valence-electron chi connectivity index (χ1n) is 11.0. The smallest absolute Gasteiger partial charge is 0.303 e. The van der Waals surface area contributed by atoms with Crippen molar-refractivity contribution in [2.45, 2.75) is 84.6 Å². The summed E-state index contributed by atoms with van der Waals surface area (Å²) in [6.45, 7) is 9.96. The van der Waals surface area contributed by atoms with Gasteiger partial charge in [-0.3, -0.25) is 19.2 Å². The molecule has 0 aliphatic carbocycles. The maximum absolute atomic E-state index is 11.9. The molecule has 0 saturated carbocycles. The average molecular weight is 497 g/mol. The Labute approximate surface area is 203 Å². The number of benzene rings is 1. The second-order valence-electron chi connectivity index (χ2n) is 9.11. The number of phenolic OH excluding ortho intramolecular Hbond substituents is 1. The van der Waals surface area contributed by atoms with Gasteiger partial charge in [0.25, 0.3) is 0 Å². The third-order valence-electron chi connectivity index (χ3n) is 4.98. The van der Waals surface area contributed by atoms with Crippen LogP contribution in [0.15, 0.2) is 18.2 Å². The Morgan fingerprint density at radius 2 is 1.40 bits per heavy atom. The molecule has 194 valence electrons. The first-order valence-corrected chi connectivity index (χ1v) is 11.0. The normalized spacial score (nSPS) is 24.1. The zero-order valence-corrected chi connectivity index (χ0v) is 20.9. The van der Waals surface area contributed by atoms with Crippen molar-refractivity contribution in [3.8, 4) is 11.5 Å². The fourth-order valence-electron chi connectivity index (χ4n) is 3.61. The van der Waals surface area contributed by atoms with Crippen molar-refractivity contribution in [3.63, 3.8) is 0 Å². The molecule has 1 saturated heterocycles. The highest BCUT2D eigenvalue weighted by Gasteiger charge is 2.53. The molecule has 1 aliphatic heterocycles. The van der Waals surface area contributed by atoms with Crippen LogP contribution in [0.25, 0.3) is 0 Å². The third-order valence-corrected chi connectivity index (χ3v) is 4.98. The van der Waals surface area contributed by atoms with Crippen LogP contribution in [0.1, 0.15) is 54.0 Å². The van der Waals surface area contributed by atoms with Crippen molar-refractivity contribution in [2.24, 2.45) is 0 Å². The van der Waals surface area contributed by atoms with Gasteiger partial charge >= 0.3 is 23.9 Å². The van der Waals surface area contributed by atoms with Gasteiger partial charge in [0.1, 0.15) is 24.2 Å². The summed E-state index contributed by atoms with van der Waals surface area (Å²) in [6.07, 6.45) is -6.43. The number of phenols is 1. The number of aromatic hydroxyl groups is 1. The molecule has 1 aliphatic rings. The van der Waals surface area contributed by atoms with E-state index >= 15 is 0 Å². The Bertz CT molecular complexity index is 949. The lowest BCUT2D eigenvalue weighted by Crippen LogP contribution is -2.63. The fourth-order valence-corrected chi connectivity index (χ4v) is 3.61. The number of ether oxygens (including phenoxy) is 6. The Morgan fingerprint density at radius 1 is 0.857 bits per heavy atom. The van der Waals surface area contributed by atoms with Crippen molar-refractivity contribution in [1.29, 1.82) is 0 Å². The maximum atomic E-state index is 11.9. The minimum absolute atomic E-state index is 0.0615. The number of hydrogen-bond acceptors (Lipinski definition) is 11. The summed E-state index contributed by atoms with van der Waals surface area (Å²) in [5.74, 6) is -2.49. The minimum atomic E-state index is -1.35. The van der Waals surface area contributed by atoms with E-state index in [4.69, 9.17) is 28.4 Å². The van der Waals surface area contributed by atoms with Crippen molar-refractivity contribution in [1.82, 2.24) is 0 Å². The van der Waals surface area contributed by atoms with E-state index in [9.17, 15) is 24.3 Å². The average Bonchev–Trinajstić information content (AvgIpc) is 2.70. The molecule has 1 fully saturated rings. The number of carbonyl (C=O) groups is 4. The van der Waals surface area contributed by atoms with Crippen LogP contribution in [0, 0.1) is 0 Å². The van der Waals surface area contributed by atoms with E-state index in [-0.39, 0.29) is 18.1 Å². The van der Waals surface area contributed by atoms with Crippen molar-refractivity contribution in [2.75, 3.05) is 6.61 Å². The zero-order chi connectivity index (χ0) is 26.5. The molecule has 1 aromatic carbocycles. The predicted octanol–water partition coefficient (Wildman–Crippen LogP) is 2.15. The third kappa shape index (κ3) is 7.84. The Balaban J connectivity index is 2.51.